The van der Waals surface area contributed by atoms with Crippen LogP contribution in [0.4, 0.5) is 0 Å². The molecule has 7 heteroatoms. The summed E-state index contributed by atoms with van der Waals surface area (Å²) in [6.45, 7) is 0.791. The summed E-state index contributed by atoms with van der Waals surface area (Å²) < 4.78 is 5.09. The first kappa shape index (κ1) is 19.5. The molecule has 2 N–H and O–H groups in total. The van der Waals surface area contributed by atoms with Gasteiger partial charge in [-0.25, -0.2) is 0 Å². The molecule has 0 aliphatic carbocycles. The molecule has 0 aliphatic rings. The van der Waals surface area contributed by atoms with Crippen LogP contribution in [0.5, 0.6) is 0 Å². The van der Waals surface area contributed by atoms with Crippen molar-refractivity contribution in [3.05, 3.63) is 33.8 Å². The van der Waals surface area contributed by atoms with Crippen molar-refractivity contribution in [3.63, 3.8) is 0 Å². The number of ether oxygens (including phenoxy) is 1. The molecule has 0 aliphatic heterocycles. The lowest BCUT2D eigenvalue weighted by atomic mass is 10.2. The summed E-state index contributed by atoms with van der Waals surface area (Å²) in [5.41, 5.74) is 6.42. The molecule has 114 valence electrons. The van der Waals surface area contributed by atoms with Gasteiger partial charge in [-0.05, 0) is 17.7 Å². The summed E-state index contributed by atoms with van der Waals surface area (Å²) >= 11 is 11.8. The third-order valence-corrected chi connectivity index (χ3v) is 3.57. The van der Waals surface area contributed by atoms with E-state index in [0.717, 1.165) is 5.56 Å². The van der Waals surface area contributed by atoms with Gasteiger partial charge in [0.2, 0.25) is 5.91 Å². The molecule has 1 aromatic rings. The first-order valence-corrected chi connectivity index (χ1v) is 6.64. The minimum absolute atomic E-state index is 0. The number of carbonyl (C=O) groups excluding carboxylic acids is 1. The fourth-order valence-electron chi connectivity index (χ4n) is 1.61. The summed E-state index contributed by atoms with van der Waals surface area (Å²) in [4.78, 5) is 13.6. The number of carbonyl (C=O) groups is 1. The molecule has 1 unspecified atom stereocenters. The second kappa shape index (κ2) is 9.42. The van der Waals surface area contributed by atoms with E-state index in [9.17, 15) is 4.79 Å². The zero-order valence-electron chi connectivity index (χ0n) is 11.4. The van der Waals surface area contributed by atoms with Crippen LogP contribution in [0.1, 0.15) is 12.0 Å². The fraction of sp³-hybridized carbons (Fsp3) is 0.462. The van der Waals surface area contributed by atoms with E-state index in [4.69, 9.17) is 33.7 Å². The number of nitrogens with zero attached hydrogens (tertiary/aromatic N) is 1. The lowest BCUT2D eigenvalue weighted by molar-refractivity contribution is -0.132. The van der Waals surface area contributed by atoms with Crippen molar-refractivity contribution in [2.24, 2.45) is 5.73 Å². The van der Waals surface area contributed by atoms with Gasteiger partial charge in [-0.3, -0.25) is 4.79 Å². The zero-order chi connectivity index (χ0) is 14.4. The monoisotopic (exact) mass is 340 g/mol. The summed E-state index contributed by atoms with van der Waals surface area (Å²) in [6, 6.07) is 5.31. The maximum absolute atomic E-state index is 12.0. The number of methoxy groups -OCH3 is 1. The van der Waals surface area contributed by atoms with E-state index in [0.29, 0.717) is 23.1 Å². The SMILES string of the molecule is COC(CN)CC(=O)N(C)Cc1ccc(Cl)c(Cl)c1.Cl. The van der Waals surface area contributed by atoms with Crippen molar-refractivity contribution in [1.82, 2.24) is 4.90 Å². The van der Waals surface area contributed by atoms with E-state index in [1.165, 1.54) is 0 Å². The molecule has 1 aromatic carbocycles. The summed E-state index contributed by atoms with van der Waals surface area (Å²) in [6.07, 6.45) is 0.0222. The molecule has 0 fully saturated rings. The van der Waals surface area contributed by atoms with E-state index in [1.54, 1.807) is 31.2 Å². The smallest absolute Gasteiger partial charge is 0.225 e. The predicted molar refractivity (Wildman–Crippen MR) is 84.7 cm³/mol. The third-order valence-electron chi connectivity index (χ3n) is 2.83. The topological polar surface area (TPSA) is 55.6 Å². The molecule has 0 radical (unpaired) electrons. The molecular weight excluding hydrogens is 323 g/mol. The van der Waals surface area contributed by atoms with E-state index in [-0.39, 0.29) is 30.8 Å². The predicted octanol–water partition coefficient (Wildman–Crippen LogP) is 2.74. The Hall–Kier alpha value is -0.520. The lowest BCUT2D eigenvalue weighted by Crippen LogP contribution is -2.33. The number of hydrogen-bond acceptors (Lipinski definition) is 3. The number of amides is 1. The molecule has 0 spiro atoms. The standard InChI is InChI=1S/C13H18Cl2N2O2.ClH/c1-17(13(18)6-10(7-16)19-2)8-9-3-4-11(14)12(15)5-9;/h3-5,10H,6-8,16H2,1-2H3;1H. The van der Waals surface area contributed by atoms with Crippen LogP contribution in [0, 0.1) is 0 Å². The molecule has 0 heterocycles. The van der Waals surface area contributed by atoms with Gasteiger partial charge in [0.25, 0.3) is 0 Å². The highest BCUT2D eigenvalue weighted by Crippen LogP contribution is 2.23. The second-order valence-electron chi connectivity index (χ2n) is 4.30. The normalized spacial score (nSPS) is 11.7. The highest BCUT2D eigenvalue weighted by atomic mass is 35.5. The molecular formula is C13H19Cl3N2O2. The van der Waals surface area contributed by atoms with Crippen molar-refractivity contribution in [2.45, 2.75) is 19.1 Å². The Morgan fingerprint density at radius 2 is 2.05 bits per heavy atom. The first-order valence-electron chi connectivity index (χ1n) is 5.88. The molecule has 0 bridgehead atoms. The van der Waals surface area contributed by atoms with E-state index >= 15 is 0 Å². The Morgan fingerprint density at radius 3 is 2.55 bits per heavy atom. The van der Waals surface area contributed by atoms with Gasteiger partial charge in [0.1, 0.15) is 0 Å². The van der Waals surface area contributed by atoms with Gasteiger partial charge in [0.15, 0.2) is 0 Å². The van der Waals surface area contributed by atoms with Gasteiger partial charge < -0.3 is 15.4 Å². The van der Waals surface area contributed by atoms with E-state index in [2.05, 4.69) is 0 Å². The van der Waals surface area contributed by atoms with E-state index in [1.807, 2.05) is 6.07 Å². The van der Waals surface area contributed by atoms with Crippen molar-refractivity contribution in [3.8, 4) is 0 Å². The van der Waals surface area contributed by atoms with Crippen LogP contribution in [0.15, 0.2) is 18.2 Å². The summed E-state index contributed by atoms with van der Waals surface area (Å²) in [7, 11) is 3.28. The average molecular weight is 342 g/mol. The number of hydrogen-bond donors (Lipinski definition) is 1. The third kappa shape index (κ3) is 5.85. The minimum Gasteiger partial charge on any atom is -0.380 e. The molecule has 1 amide bonds. The van der Waals surface area contributed by atoms with Crippen molar-refractivity contribution >= 4 is 41.5 Å². The van der Waals surface area contributed by atoms with Crippen LogP contribution >= 0.6 is 35.6 Å². The number of benzene rings is 1. The van der Waals surface area contributed by atoms with Crippen molar-refractivity contribution in [2.75, 3.05) is 20.7 Å². The van der Waals surface area contributed by atoms with Crippen molar-refractivity contribution in [1.29, 1.82) is 0 Å². The van der Waals surface area contributed by atoms with Gasteiger partial charge in [-0.15, -0.1) is 12.4 Å². The molecule has 20 heavy (non-hydrogen) atoms. The van der Waals surface area contributed by atoms with Crippen molar-refractivity contribution < 1.29 is 9.53 Å². The fourth-order valence-corrected chi connectivity index (χ4v) is 1.93. The van der Waals surface area contributed by atoms with Crippen LogP contribution in [0.2, 0.25) is 10.0 Å². The van der Waals surface area contributed by atoms with Gasteiger partial charge in [0.05, 0.1) is 22.6 Å². The summed E-state index contributed by atoms with van der Waals surface area (Å²) in [5.74, 6) is -0.0247. The molecule has 1 rings (SSSR count). The molecule has 0 saturated carbocycles. The molecule has 1 atom stereocenters. The first-order chi connectivity index (χ1) is 8.97. The van der Waals surface area contributed by atoms with E-state index < -0.39 is 0 Å². The Labute approximate surface area is 135 Å². The maximum atomic E-state index is 12.0. The van der Waals surface area contributed by atoms with Gasteiger partial charge >= 0.3 is 0 Å². The van der Waals surface area contributed by atoms with Crippen LogP contribution < -0.4 is 5.73 Å². The van der Waals surface area contributed by atoms with Gasteiger partial charge in [-0.2, -0.15) is 0 Å². The molecule has 4 nitrogen and oxygen atoms in total. The number of nitrogens with two attached hydrogens (primary N) is 1. The Kier molecular flexibility index (Phi) is 9.18. The average Bonchev–Trinajstić information content (AvgIpc) is 2.39. The van der Waals surface area contributed by atoms with Gasteiger partial charge in [0, 0.05) is 27.2 Å². The quantitative estimate of drug-likeness (QED) is 0.865. The summed E-state index contributed by atoms with van der Waals surface area (Å²) in [5, 5.41) is 0.985. The Morgan fingerprint density at radius 1 is 1.40 bits per heavy atom. The number of rotatable bonds is 6. The second-order valence-corrected chi connectivity index (χ2v) is 5.11. The number of halogens is 3. The highest BCUT2D eigenvalue weighted by Gasteiger charge is 2.15. The van der Waals surface area contributed by atoms with Gasteiger partial charge in [-0.1, -0.05) is 29.3 Å². The van der Waals surface area contributed by atoms with Crippen LogP contribution in [0.25, 0.3) is 0 Å². The zero-order valence-corrected chi connectivity index (χ0v) is 13.8. The maximum Gasteiger partial charge on any atom is 0.225 e. The Balaban J connectivity index is 0.00000361. The van der Waals surface area contributed by atoms with Crippen LogP contribution in [0.3, 0.4) is 0 Å². The molecule has 0 saturated heterocycles. The molecule has 0 aromatic heterocycles. The Bertz CT molecular complexity index is 440. The largest absolute Gasteiger partial charge is 0.380 e. The van der Waals surface area contributed by atoms with Crippen LogP contribution in [-0.2, 0) is 16.1 Å². The van der Waals surface area contributed by atoms with Crippen LogP contribution in [-0.4, -0.2) is 37.6 Å². The lowest BCUT2D eigenvalue weighted by Gasteiger charge is -2.20. The minimum atomic E-state index is -0.247. The highest BCUT2D eigenvalue weighted by molar-refractivity contribution is 6.42.